The predicted molar refractivity (Wildman–Crippen MR) is 116 cm³/mol. The van der Waals surface area contributed by atoms with Crippen molar-refractivity contribution in [2.24, 2.45) is 5.73 Å². The van der Waals surface area contributed by atoms with Crippen LogP contribution < -0.4 is 11.1 Å². The fraction of sp³-hybridized carbons (Fsp3) is 0.238. The van der Waals surface area contributed by atoms with Crippen LogP contribution in [0.4, 0.5) is 5.69 Å². The number of hydrogen-bond acceptors (Lipinski definition) is 5. The summed E-state index contributed by atoms with van der Waals surface area (Å²) in [4.78, 5) is 28.8. The van der Waals surface area contributed by atoms with Gasteiger partial charge in [-0.1, -0.05) is 36.5 Å². The quantitative estimate of drug-likeness (QED) is 0.380. The van der Waals surface area contributed by atoms with E-state index in [2.05, 4.69) is 10.3 Å². The predicted octanol–water partition coefficient (Wildman–Crippen LogP) is 3.31. The molecule has 0 saturated heterocycles. The van der Waals surface area contributed by atoms with Crippen molar-refractivity contribution in [2.45, 2.75) is 32.8 Å². The van der Waals surface area contributed by atoms with Gasteiger partial charge in [0.15, 0.2) is 0 Å². The normalized spacial score (nSPS) is 11.3. The van der Waals surface area contributed by atoms with Crippen molar-refractivity contribution in [3.05, 3.63) is 54.4 Å². The van der Waals surface area contributed by atoms with E-state index in [4.69, 9.17) is 22.7 Å². The number of thiocarbonyl (C=S) groups is 1. The zero-order chi connectivity index (χ0) is 21.2. The van der Waals surface area contributed by atoms with E-state index in [1.807, 2.05) is 30.5 Å². The maximum absolute atomic E-state index is 12.1. The number of amides is 1. The molecule has 0 aliphatic carbocycles. The zero-order valence-electron chi connectivity index (χ0n) is 16.4. The van der Waals surface area contributed by atoms with Gasteiger partial charge in [-0.2, -0.15) is 0 Å². The first-order valence-electron chi connectivity index (χ1n) is 9.01. The Morgan fingerprint density at radius 3 is 2.45 bits per heavy atom. The number of ether oxygens (including phenoxy) is 1. The van der Waals surface area contributed by atoms with Crippen LogP contribution >= 0.6 is 12.2 Å². The number of nitrogens with zero attached hydrogens (tertiary/aromatic N) is 2. The summed E-state index contributed by atoms with van der Waals surface area (Å²) in [5.41, 5.74) is 8.77. The number of rotatable bonds is 5. The molecule has 7 nitrogen and oxygen atoms in total. The fourth-order valence-electron chi connectivity index (χ4n) is 2.72. The van der Waals surface area contributed by atoms with Crippen LogP contribution in [0.2, 0.25) is 0 Å². The molecule has 3 aromatic rings. The minimum absolute atomic E-state index is 0.346. The molecule has 2 aromatic heterocycles. The van der Waals surface area contributed by atoms with E-state index in [1.165, 1.54) is 0 Å². The van der Waals surface area contributed by atoms with Crippen LogP contribution in [0.25, 0.3) is 16.9 Å². The molecule has 3 rings (SSSR count). The lowest BCUT2D eigenvalue weighted by Crippen LogP contribution is -2.27. The molecule has 29 heavy (non-hydrogen) atoms. The van der Waals surface area contributed by atoms with E-state index in [-0.39, 0.29) is 6.42 Å². The van der Waals surface area contributed by atoms with Crippen molar-refractivity contribution >= 4 is 40.4 Å². The number of pyridine rings is 1. The second-order valence-corrected chi connectivity index (χ2v) is 8.00. The summed E-state index contributed by atoms with van der Waals surface area (Å²) in [5, 5.41) is 2.70. The summed E-state index contributed by atoms with van der Waals surface area (Å²) < 4.78 is 6.97. The van der Waals surface area contributed by atoms with Crippen molar-refractivity contribution < 1.29 is 14.3 Å². The number of nitrogens with two attached hydrogens (primary N) is 1. The van der Waals surface area contributed by atoms with Gasteiger partial charge in [0.2, 0.25) is 5.91 Å². The highest BCUT2D eigenvalue weighted by Crippen LogP contribution is 2.21. The van der Waals surface area contributed by atoms with Crippen LogP contribution in [0.3, 0.4) is 0 Å². The number of fused-ring (bicyclic) bond motifs is 1. The highest BCUT2D eigenvalue weighted by Gasteiger charge is 2.19. The summed E-state index contributed by atoms with van der Waals surface area (Å²) in [5.74, 6) is -1.01. The maximum Gasteiger partial charge on any atom is 0.315 e. The first-order chi connectivity index (χ1) is 13.6. The van der Waals surface area contributed by atoms with E-state index in [9.17, 15) is 9.59 Å². The summed E-state index contributed by atoms with van der Waals surface area (Å²) in [6.07, 6.45) is 3.25. The van der Waals surface area contributed by atoms with Crippen LogP contribution in [0, 0.1) is 0 Å². The van der Waals surface area contributed by atoms with Gasteiger partial charge in [0.05, 0.1) is 11.4 Å². The van der Waals surface area contributed by atoms with E-state index in [0.717, 1.165) is 22.5 Å². The molecule has 0 bridgehead atoms. The van der Waals surface area contributed by atoms with Crippen molar-refractivity contribution in [1.29, 1.82) is 0 Å². The molecule has 0 atom stereocenters. The fourth-order valence-corrected chi connectivity index (χ4v) is 2.86. The number of imidazole rings is 1. The first-order valence-corrected chi connectivity index (χ1v) is 9.42. The minimum atomic E-state index is -0.628. The number of aromatic nitrogens is 2. The van der Waals surface area contributed by atoms with Gasteiger partial charge in [-0.3, -0.25) is 9.59 Å². The van der Waals surface area contributed by atoms with Gasteiger partial charge in [-0.25, -0.2) is 4.98 Å². The van der Waals surface area contributed by atoms with Crippen molar-refractivity contribution in [1.82, 2.24) is 9.38 Å². The number of hydrogen-bond donors (Lipinski definition) is 2. The van der Waals surface area contributed by atoms with Crippen LogP contribution in [0.1, 0.15) is 32.8 Å². The maximum atomic E-state index is 12.1. The molecule has 0 fully saturated rings. The van der Waals surface area contributed by atoms with Gasteiger partial charge in [0, 0.05) is 23.5 Å². The molecule has 0 unspecified atom stereocenters. The third-order valence-electron chi connectivity index (χ3n) is 3.92. The summed E-state index contributed by atoms with van der Waals surface area (Å²) in [7, 11) is 0. The van der Waals surface area contributed by atoms with Crippen molar-refractivity contribution in [2.75, 3.05) is 5.32 Å². The lowest BCUT2D eigenvalue weighted by atomic mass is 10.1. The van der Waals surface area contributed by atoms with Crippen LogP contribution in [0.5, 0.6) is 0 Å². The zero-order valence-corrected chi connectivity index (χ0v) is 17.2. The molecule has 3 N–H and O–H groups in total. The second-order valence-electron chi connectivity index (χ2n) is 7.56. The number of anilines is 1. The van der Waals surface area contributed by atoms with E-state index >= 15 is 0 Å². The molecule has 150 valence electrons. The average molecular weight is 410 g/mol. The van der Waals surface area contributed by atoms with Gasteiger partial charge in [-0.05, 0) is 32.9 Å². The van der Waals surface area contributed by atoms with E-state index in [1.54, 1.807) is 43.5 Å². The third-order valence-corrected chi connectivity index (χ3v) is 4.16. The first kappa shape index (κ1) is 20.5. The number of carbonyl (C=O) groups is 2. The standard InChI is InChI=1S/C21H22N4O3S/c1-21(2,3)28-19(27)10-18(26)23-15-8-9-17-24-16(12-25(17)11-15)13-4-6-14(7-5-13)20(22)29/h4-9,11-12H,10H2,1-3H3,(H2,22,29)(H,23,26). The molecule has 0 aliphatic heterocycles. The van der Waals surface area contributed by atoms with Crippen molar-refractivity contribution in [3.63, 3.8) is 0 Å². The Labute approximate surface area is 173 Å². The molecule has 0 aliphatic rings. The summed E-state index contributed by atoms with van der Waals surface area (Å²) >= 11 is 4.97. The molecular formula is C21H22N4O3S. The largest absolute Gasteiger partial charge is 0.460 e. The molecule has 0 radical (unpaired) electrons. The number of carbonyl (C=O) groups excluding carboxylic acids is 2. The Kier molecular flexibility index (Phi) is 5.65. The third kappa shape index (κ3) is 5.39. The van der Waals surface area contributed by atoms with E-state index < -0.39 is 17.5 Å². The molecule has 1 amide bonds. The smallest absolute Gasteiger partial charge is 0.315 e. The van der Waals surface area contributed by atoms with Gasteiger partial charge in [0.1, 0.15) is 22.7 Å². The topological polar surface area (TPSA) is 98.7 Å². The second kappa shape index (κ2) is 8.00. The number of esters is 1. The molecule has 1 aromatic carbocycles. The Morgan fingerprint density at radius 1 is 1.14 bits per heavy atom. The number of nitrogens with one attached hydrogen (secondary N) is 1. The highest BCUT2D eigenvalue weighted by atomic mass is 32.1. The Hall–Kier alpha value is -3.26. The summed E-state index contributed by atoms with van der Waals surface area (Å²) in [6.45, 7) is 5.27. The summed E-state index contributed by atoms with van der Waals surface area (Å²) in [6, 6.07) is 11.0. The van der Waals surface area contributed by atoms with Crippen LogP contribution in [-0.2, 0) is 14.3 Å². The van der Waals surface area contributed by atoms with Gasteiger partial charge in [0.25, 0.3) is 0 Å². The molecular weight excluding hydrogens is 388 g/mol. The average Bonchev–Trinajstić information content (AvgIpc) is 3.03. The molecule has 0 saturated carbocycles. The van der Waals surface area contributed by atoms with Gasteiger partial charge >= 0.3 is 5.97 Å². The Morgan fingerprint density at radius 2 is 1.83 bits per heavy atom. The Balaban J connectivity index is 1.73. The highest BCUT2D eigenvalue weighted by molar-refractivity contribution is 7.80. The van der Waals surface area contributed by atoms with Crippen LogP contribution in [0.15, 0.2) is 48.8 Å². The molecule has 8 heteroatoms. The van der Waals surface area contributed by atoms with E-state index in [0.29, 0.717) is 10.7 Å². The van der Waals surface area contributed by atoms with Gasteiger partial charge < -0.3 is 20.2 Å². The van der Waals surface area contributed by atoms with Crippen molar-refractivity contribution in [3.8, 4) is 11.3 Å². The lowest BCUT2D eigenvalue weighted by molar-refractivity contribution is -0.155. The molecule has 2 heterocycles. The number of benzene rings is 1. The SMILES string of the molecule is CC(C)(C)OC(=O)CC(=O)Nc1ccc2nc(-c3ccc(C(N)=S)cc3)cn2c1. The monoisotopic (exact) mass is 410 g/mol. The van der Waals surface area contributed by atoms with Gasteiger partial charge in [-0.15, -0.1) is 0 Å². The minimum Gasteiger partial charge on any atom is -0.460 e. The van der Waals surface area contributed by atoms with Crippen LogP contribution in [-0.4, -0.2) is 31.9 Å². The molecule has 0 spiro atoms. The lowest BCUT2D eigenvalue weighted by Gasteiger charge is -2.19. The Bertz CT molecular complexity index is 1080.